The summed E-state index contributed by atoms with van der Waals surface area (Å²) in [5, 5.41) is 3.97. The molecule has 0 radical (unpaired) electrons. The molecule has 1 rings (SSSR count). The van der Waals surface area contributed by atoms with Gasteiger partial charge in [-0.05, 0) is 0 Å². The van der Waals surface area contributed by atoms with Gasteiger partial charge in [0.25, 0.3) is 11.8 Å². The Kier molecular flexibility index (Phi) is 4.22. The second-order valence-corrected chi connectivity index (χ2v) is 3.69. The van der Waals surface area contributed by atoms with E-state index in [2.05, 4.69) is 5.10 Å². The fourth-order valence-corrected chi connectivity index (χ4v) is 1.29. The maximum atomic E-state index is 11.8. The van der Waals surface area contributed by atoms with E-state index in [1.165, 1.54) is 15.6 Å². The van der Waals surface area contributed by atoms with E-state index in [9.17, 15) is 9.59 Å². The van der Waals surface area contributed by atoms with Gasteiger partial charge in [0.2, 0.25) is 0 Å². The zero-order valence-electron chi connectivity index (χ0n) is 10.1. The van der Waals surface area contributed by atoms with Gasteiger partial charge >= 0.3 is 0 Å². The lowest BCUT2D eigenvalue weighted by atomic mass is 10.3. The summed E-state index contributed by atoms with van der Waals surface area (Å²) in [6, 6.07) is 1.39. The highest BCUT2D eigenvalue weighted by molar-refractivity contribution is 5.97. The Morgan fingerprint density at radius 2 is 2.18 bits per heavy atom. The Labute approximate surface area is 99.1 Å². The third-order valence-electron chi connectivity index (χ3n) is 2.16. The van der Waals surface area contributed by atoms with Gasteiger partial charge in [0, 0.05) is 27.3 Å². The first-order chi connectivity index (χ1) is 7.97. The molecule has 7 heteroatoms. The van der Waals surface area contributed by atoms with Crippen LogP contribution in [0, 0.1) is 0 Å². The number of rotatable bonds is 5. The number of primary amides is 1. The fraction of sp³-hybridized carbons (Fsp3) is 0.500. The van der Waals surface area contributed by atoms with Crippen LogP contribution in [0.3, 0.4) is 0 Å². The minimum Gasteiger partial charge on any atom is -0.383 e. The highest BCUT2D eigenvalue weighted by atomic mass is 16.5. The molecule has 0 saturated heterocycles. The van der Waals surface area contributed by atoms with Gasteiger partial charge in [0.1, 0.15) is 5.69 Å². The van der Waals surface area contributed by atoms with Crippen molar-refractivity contribution >= 4 is 11.8 Å². The van der Waals surface area contributed by atoms with Gasteiger partial charge in [0.05, 0.1) is 13.2 Å². The molecule has 0 aliphatic rings. The molecule has 2 N–H and O–H groups in total. The van der Waals surface area contributed by atoms with Gasteiger partial charge in [-0.25, -0.2) is 0 Å². The molecule has 17 heavy (non-hydrogen) atoms. The van der Waals surface area contributed by atoms with Crippen LogP contribution in [-0.4, -0.2) is 54.3 Å². The zero-order valence-corrected chi connectivity index (χ0v) is 10.1. The summed E-state index contributed by atoms with van der Waals surface area (Å²) in [5.41, 5.74) is 5.53. The first kappa shape index (κ1) is 13.2. The lowest BCUT2D eigenvalue weighted by molar-refractivity contribution is 0.0811. The molecule has 1 heterocycles. The van der Waals surface area contributed by atoms with E-state index in [1.807, 2.05) is 0 Å². The number of aromatic nitrogens is 2. The van der Waals surface area contributed by atoms with E-state index in [0.717, 1.165) is 0 Å². The monoisotopic (exact) mass is 240 g/mol. The number of hydrogen-bond donors (Lipinski definition) is 1. The molecule has 94 valence electrons. The summed E-state index contributed by atoms with van der Waals surface area (Å²) in [6.45, 7) is 0.784. The third kappa shape index (κ3) is 3.04. The molecule has 0 aliphatic carbocycles. The number of hydrogen-bond acceptors (Lipinski definition) is 4. The van der Waals surface area contributed by atoms with E-state index in [0.29, 0.717) is 18.8 Å². The van der Waals surface area contributed by atoms with Crippen molar-refractivity contribution < 1.29 is 14.3 Å². The van der Waals surface area contributed by atoms with Crippen molar-refractivity contribution in [2.45, 2.75) is 6.54 Å². The topological polar surface area (TPSA) is 90.5 Å². The number of methoxy groups -OCH3 is 1. The molecule has 1 aromatic rings. The van der Waals surface area contributed by atoms with Crippen LogP contribution in [0.15, 0.2) is 6.07 Å². The molecule has 0 atom stereocenters. The average molecular weight is 240 g/mol. The Morgan fingerprint density at radius 3 is 2.65 bits per heavy atom. The minimum atomic E-state index is -0.658. The van der Waals surface area contributed by atoms with Crippen molar-refractivity contribution in [3.05, 3.63) is 17.5 Å². The van der Waals surface area contributed by atoms with Crippen molar-refractivity contribution in [1.29, 1.82) is 0 Å². The lowest BCUT2D eigenvalue weighted by Crippen LogP contribution is -2.25. The third-order valence-corrected chi connectivity index (χ3v) is 2.16. The van der Waals surface area contributed by atoms with Crippen LogP contribution in [0.2, 0.25) is 0 Å². The molecule has 2 amide bonds. The Morgan fingerprint density at radius 1 is 1.53 bits per heavy atom. The Hall–Kier alpha value is -1.89. The summed E-state index contributed by atoms with van der Waals surface area (Å²) in [5.74, 6) is -0.893. The normalized spacial score (nSPS) is 10.3. The average Bonchev–Trinajstić information content (AvgIpc) is 2.69. The number of nitrogens with zero attached hydrogens (tertiary/aromatic N) is 3. The number of amides is 2. The molecule has 0 saturated carbocycles. The number of carbonyl (C=O) groups is 2. The van der Waals surface area contributed by atoms with Crippen LogP contribution in [0.1, 0.15) is 21.0 Å². The van der Waals surface area contributed by atoms with Gasteiger partial charge in [-0.15, -0.1) is 0 Å². The summed E-state index contributed by atoms with van der Waals surface area (Å²) >= 11 is 0. The van der Waals surface area contributed by atoms with E-state index in [1.54, 1.807) is 21.2 Å². The fourth-order valence-electron chi connectivity index (χ4n) is 1.29. The molecule has 0 aromatic carbocycles. The van der Waals surface area contributed by atoms with Gasteiger partial charge in [-0.3, -0.25) is 14.3 Å². The van der Waals surface area contributed by atoms with Crippen LogP contribution in [0.25, 0.3) is 0 Å². The molecule has 7 nitrogen and oxygen atoms in total. The summed E-state index contributed by atoms with van der Waals surface area (Å²) in [4.78, 5) is 24.3. The SMILES string of the molecule is COCCn1nc(C(N)=O)cc1C(=O)N(C)C. The maximum absolute atomic E-state index is 11.8. The maximum Gasteiger partial charge on any atom is 0.271 e. The highest BCUT2D eigenvalue weighted by Gasteiger charge is 2.18. The molecular formula is C10H16N4O3. The van der Waals surface area contributed by atoms with Gasteiger partial charge in [-0.2, -0.15) is 5.10 Å². The molecule has 0 fully saturated rings. The van der Waals surface area contributed by atoms with Crippen LogP contribution >= 0.6 is 0 Å². The Balaban J connectivity index is 3.07. The molecule has 0 spiro atoms. The van der Waals surface area contributed by atoms with Crippen molar-refractivity contribution in [2.24, 2.45) is 5.73 Å². The standard InChI is InChI=1S/C10H16N4O3/c1-13(2)10(16)8-6-7(9(11)15)12-14(8)4-5-17-3/h6H,4-5H2,1-3H3,(H2,11,15). The molecule has 0 bridgehead atoms. The van der Waals surface area contributed by atoms with Crippen LogP contribution in [0.5, 0.6) is 0 Å². The minimum absolute atomic E-state index is 0.0753. The summed E-state index contributed by atoms with van der Waals surface area (Å²) in [6.07, 6.45) is 0. The van der Waals surface area contributed by atoms with Gasteiger partial charge in [-0.1, -0.05) is 0 Å². The van der Waals surface area contributed by atoms with Crippen LogP contribution in [0.4, 0.5) is 0 Å². The first-order valence-corrected chi connectivity index (χ1v) is 5.05. The quantitative estimate of drug-likeness (QED) is 0.739. The number of ether oxygens (including phenoxy) is 1. The van der Waals surface area contributed by atoms with Crippen LogP contribution in [-0.2, 0) is 11.3 Å². The van der Waals surface area contributed by atoms with Crippen LogP contribution < -0.4 is 5.73 Å². The van der Waals surface area contributed by atoms with Crippen molar-refractivity contribution in [3.8, 4) is 0 Å². The molecule has 0 aliphatic heterocycles. The molecular weight excluding hydrogens is 224 g/mol. The second-order valence-electron chi connectivity index (χ2n) is 3.69. The van der Waals surface area contributed by atoms with Crippen molar-refractivity contribution in [3.63, 3.8) is 0 Å². The van der Waals surface area contributed by atoms with E-state index < -0.39 is 5.91 Å². The van der Waals surface area contributed by atoms with E-state index in [4.69, 9.17) is 10.5 Å². The largest absolute Gasteiger partial charge is 0.383 e. The Bertz CT molecular complexity index is 425. The molecule has 0 unspecified atom stereocenters. The zero-order chi connectivity index (χ0) is 13.0. The van der Waals surface area contributed by atoms with Gasteiger partial charge < -0.3 is 15.4 Å². The van der Waals surface area contributed by atoms with Crippen molar-refractivity contribution in [2.75, 3.05) is 27.8 Å². The predicted molar refractivity (Wildman–Crippen MR) is 60.6 cm³/mol. The number of nitrogens with two attached hydrogens (primary N) is 1. The van der Waals surface area contributed by atoms with Gasteiger partial charge in [0.15, 0.2) is 5.69 Å². The summed E-state index contributed by atoms with van der Waals surface area (Å²) in [7, 11) is 4.80. The molecule has 1 aromatic heterocycles. The number of carbonyl (C=O) groups excluding carboxylic acids is 2. The second kappa shape index (κ2) is 5.44. The highest BCUT2D eigenvalue weighted by Crippen LogP contribution is 2.06. The lowest BCUT2D eigenvalue weighted by Gasteiger charge is -2.11. The van der Waals surface area contributed by atoms with E-state index in [-0.39, 0.29) is 11.6 Å². The predicted octanol–water partition coefficient (Wildman–Crippen LogP) is -0.670. The van der Waals surface area contributed by atoms with E-state index >= 15 is 0 Å². The first-order valence-electron chi connectivity index (χ1n) is 5.05. The summed E-state index contributed by atoms with van der Waals surface area (Å²) < 4.78 is 6.33. The smallest absolute Gasteiger partial charge is 0.271 e. The van der Waals surface area contributed by atoms with Crippen molar-refractivity contribution in [1.82, 2.24) is 14.7 Å².